The van der Waals surface area contributed by atoms with Crippen LogP contribution in [0.3, 0.4) is 0 Å². The average Bonchev–Trinajstić information content (AvgIpc) is 2.40. The quantitative estimate of drug-likeness (QED) is 0.818. The summed E-state index contributed by atoms with van der Waals surface area (Å²) >= 11 is 7.70. The standard InChI is InChI=1S/C16H16BrNOS/c1-11-4-3-5-12(8-11)10-18(2)16(19)14-9-13(20)6-7-15(14)17/h3-9,20H,10H2,1-2H3. The molecule has 2 aromatic carbocycles. The first-order chi connectivity index (χ1) is 9.47. The van der Waals surface area contributed by atoms with Crippen LogP contribution in [0, 0.1) is 6.92 Å². The second-order valence-corrected chi connectivity index (χ2v) is 6.19. The van der Waals surface area contributed by atoms with Gasteiger partial charge in [0.2, 0.25) is 0 Å². The Hall–Kier alpha value is -1.26. The molecule has 20 heavy (non-hydrogen) atoms. The highest BCUT2D eigenvalue weighted by molar-refractivity contribution is 9.10. The van der Waals surface area contributed by atoms with E-state index in [4.69, 9.17) is 0 Å². The molecule has 0 aliphatic rings. The molecule has 0 radical (unpaired) electrons. The highest BCUT2D eigenvalue weighted by Gasteiger charge is 2.15. The SMILES string of the molecule is Cc1cccc(CN(C)C(=O)c2cc(S)ccc2Br)c1. The second-order valence-electron chi connectivity index (χ2n) is 4.81. The van der Waals surface area contributed by atoms with Crippen molar-refractivity contribution in [3.8, 4) is 0 Å². The summed E-state index contributed by atoms with van der Waals surface area (Å²) in [4.78, 5) is 15.0. The van der Waals surface area contributed by atoms with Crippen LogP contribution < -0.4 is 0 Å². The van der Waals surface area contributed by atoms with Crippen molar-refractivity contribution in [1.82, 2.24) is 4.90 Å². The molecule has 4 heteroatoms. The van der Waals surface area contributed by atoms with E-state index in [1.54, 1.807) is 11.0 Å². The van der Waals surface area contributed by atoms with Gasteiger partial charge in [0.15, 0.2) is 0 Å². The maximum absolute atomic E-state index is 12.5. The summed E-state index contributed by atoms with van der Waals surface area (Å²) in [6, 6.07) is 13.6. The van der Waals surface area contributed by atoms with Gasteiger partial charge >= 0.3 is 0 Å². The molecule has 0 bridgehead atoms. The van der Waals surface area contributed by atoms with E-state index in [-0.39, 0.29) is 5.91 Å². The number of benzene rings is 2. The first kappa shape index (κ1) is 15.1. The zero-order chi connectivity index (χ0) is 14.7. The Balaban J connectivity index is 2.18. The predicted molar refractivity (Wildman–Crippen MR) is 88.4 cm³/mol. The predicted octanol–water partition coefficient (Wildman–Crippen LogP) is 4.32. The summed E-state index contributed by atoms with van der Waals surface area (Å²) in [6.07, 6.45) is 0. The molecular weight excluding hydrogens is 334 g/mol. The van der Waals surface area contributed by atoms with Crippen molar-refractivity contribution in [2.45, 2.75) is 18.4 Å². The lowest BCUT2D eigenvalue weighted by molar-refractivity contribution is 0.0784. The van der Waals surface area contributed by atoms with Crippen LogP contribution in [0.1, 0.15) is 21.5 Å². The molecule has 2 nitrogen and oxygen atoms in total. The van der Waals surface area contributed by atoms with Crippen molar-refractivity contribution in [2.75, 3.05) is 7.05 Å². The number of halogens is 1. The van der Waals surface area contributed by atoms with Gasteiger partial charge in [-0.3, -0.25) is 4.79 Å². The minimum absolute atomic E-state index is 0.0192. The Kier molecular flexibility index (Phi) is 4.89. The molecule has 0 heterocycles. The lowest BCUT2D eigenvalue weighted by Crippen LogP contribution is -2.26. The van der Waals surface area contributed by atoms with Gasteiger partial charge in [-0.25, -0.2) is 0 Å². The number of aryl methyl sites for hydroxylation is 1. The number of thiol groups is 1. The number of carbonyl (C=O) groups excluding carboxylic acids is 1. The summed E-state index contributed by atoms with van der Waals surface area (Å²) in [6.45, 7) is 2.63. The first-order valence-corrected chi connectivity index (χ1v) is 7.51. The number of rotatable bonds is 3. The van der Waals surface area contributed by atoms with Crippen LogP contribution in [-0.2, 0) is 6.54 Å². The van der Waals surface area contributed by atoms with E-state index in [9.17, 15) is 4.79 Å². The monoisotopic (exact) mass is 349 g/mol. The summed E-state index contributed by atoms with van der Waals surface area (Å²) in [7, 11) is 1.81. The van der Waals surface area contributed by atoms with Gasteiger partial charge in [0, 0.05) is 23.0 Å². The summed E-state index contributed by atoms with van der Waals surface area (Å²) in [5.74, 6) is -0.0192. The molecule has 1 amide bonds. The highest BCUT2D eigenvalue weighted by atomic mass is 79.9. The van der Waals surface area contributed by atoms with E-state index in [0.29, 0.717) is 12.1 Å². The fourth-order valence-corrected chi connectivity index (χ4v) is 2.66. The molecule has 0 saturated carbocycles. The van der Waals surface area contributed by atoms with Crippen molar-refractivity contribution in [3.63, 3.8) is 0 Å². The topological polar surface area (TPSA) is 20.3 Å². The van der Waals surface area contributed by atoms with Gasteiger partial charge < -0.3 is 4.90 Å². The maximum Gasteiger partial charge on any atom is 0.255 e. The number of nitrogens with zero attached hydrogens (tertiary/aromatic N) is 1. The van der Waals surface area contributed by atoms with E-state index in [1.165, 1.54) is 5.56 Å². The second kappa shape index (κ2) is 6.46. The third kappa shape index (κ3) is 3.64. The number of carbonyl (C=O) groups is 1. The molecule has 2 rings (SSSR count). The zero-order valence-electron chi connectivity index (χ0n) is 11.4. The van der Waals surface area contributed by atoms with Crippen LogP contribution in [0.5, 0.6) is 0 Å². The molecule has 0 spiro atoms. The van der Waals surface area contributed by atoms with Crippen LogP contribution in [0.2, 0.25) is 0 Å². The Morgan fingerprint density at radius 1 is 1.25 bits per heavy atom. The van der Waals surface area contributed by atoms with Crippen LogP contribution in [-0.4, -0.2) is 17.9 Å². The van der Waals surface area contributed by atoms with Crippen molar-refractivity contribution < 1.29 is 4.79 Å². The summed E-state index contributed by atoms with van der Waals surface area (Å²) < 4.78 is 0.788. The molecule has 2 aromatic rings. The van der Waals surface area contributed by atoms with Gasteiger partial charge in [0.1, 0.15) is 0 Å². The van der Waals surface area contributed by atoms with E-state index < -0.39 is 0 Å². The molecule has 0 N–H and O–H groups in total. The third-order valence-corrected chi connectivity index (χ3v) is 4.00. The summed E-state index contributed by atoms with van der Waals surface area (Å²) in [5, 5.41) is 0. The maximum atomic E-state index is 12.5. The van der Waals surface area contributed by atoms with Gasteiger partial charge in [-0.15, -0.1) is 12.6 Å². The smallest absolute Gasteiger partial charge is 0.255 e. The number of hydrogen-bond donors (Lipinski definition) is 1. The van der Waals surface area contributed by atoms with Gasteiger partial charge in [-0.1, -0.05) is 29.8 Å². The van der Waals surface area contributed by atoms with Crippen LogP contribution in [0.15, 0.2) is 51.8 Å². The Morgan fingerprint density at radius 2 is 2.00 bits per heavy atom. The van der Waals surface area contributed by atoms with Crippen molar-refractivity contribution in [2.24, 2.45) is 0 Å². The minimum Gasteiger partial charge on any atom is -0.337 e. The van der Waals surface area contributed by atoms with E-state index in [2.05, 4.69) is 34.6 Å². The van der Waals surface area contributed by atoms with Gasteiger partial charge in [0.05, 0.1) is 5.56 Å². The van der Waals surface area contributed by atoms with E-state index >= 15 is 0 Å². The highest BCUT2D eigenvalue weighted by Crippen LogP contribution is 2.22. The first-order valence-electron chi connectivity index (χ1n) is 6.27. The van der Waals surface area contributed by atoms with Crippen molar-refractivity contribution in [1.29, 1.82) is 0 Å². The van der Waals surface area contributed by atoms with Crippen LogP contribution in [0.4, 0.5) is 0 Å². The molecule has 104 valence electrons. The third-order valence-electron chi connectivity index (χ3n) is 3.03. The van der Waals surface area contributed by atoms with E-state index in [1.807, 2.05) is 44.3 Å². The zero-order valence-corrected chi connectivity index (χ0v) is 13.9. The molecule has 0 atom stereocenters. The number of hydrogen-bond acceptors (Lipinski definition) is 2. The van der Waals surface area contributed by atoms with Gasteiger partial charge in [-0.2, -0.15) is 0 Å². The number of amides is 1. The molecule has 0 aromatic heterocycles. The average molecular weight is 350 g/mol. The molecule has 0 unspecified atom stereocenters. The lowest BCUT2D eigenvalue weighted by Gasteiger charge is -2.18. The van der Waals surface area contributed by atoms with Crippen LogP contribution >= 0.6 is 28.6 Å². The minimum atomic E-state index is -0.0192. The fraction of sp³-hybridized carbons (Fsp3) is 0.188. The van der Waals surface area contributed by atoms with Crippen molar-refractivity contribution in [3.05, 3.63) is 63.6 Å². The molecule has 0 saturated heterocycles. The van der Waals surface area contributed by atoms with Gasteiger partial charge in [0.25, 0.3) is 5.91 Å². The lowest BCUT2D eigenvalue weighted by atomic mass is 10.1. The van der Waals surface area contributed by atoms with Crippen molar-refractivity contribution >= 4 is 34.5 Å². The Bertz CT molecular complexity index is 642. The molecule has 0 fully saturated rings. The summed E-state index contributed by atoms with van der Waals surface area (Å²) in [5.41, 5.74) is 2.95. The Labute approximate surface area is 133 Å². The normalized spacial score (nSPS) is 10.4. The van der Waals surface area contributed by atoms with E-state index in [0.717, 1.165) is 14.9 Å². The Morgan fingerprint density at radius 3 is 2.70 bits per heavy atom. The van der Waals surface area contributed by atoms with Crippen LogP contribution in [0.25, 0.3) is 0 Å². The molecular formula is C16H16BrNOS. The molecule has 0 aliphatic heterocycles. The fourth-order valence-electron chi connectivity index (χ4n) is 2.04. The largest absolute Gasteiger partial charge is 0.337 e. The molecule has 0 aliphatic carbocycles. The van der Waals surface area contributed by atoms with Gasteiger partial charge in [-0.05, 0) is 46.6 Å².